The molecule has 0 N–H and O–H groups in total. The molecule has 2 saturated heterocycles. The largest absolute Gasteiger partial charge is 0.378 e. The maximum absolute atomic E-state index is 12.7. The Balaban J connectivity index is 1.14. The fraction of sp³-hybridized carbons (Fsp3) is 0.955. The standard InChI is InChI=1S/C22H33NO5/c24-20(23-4-6-25-7-5-23)13-15-2-1-3-21(14-15)26-22(28-27-21)18-9-16-8-17(11-18)12-19(22)10-16/h15-19H,1-14H2/t15?,16?,17?,18?,19?,21-,22?/m1/s1. The molecular weight excluding hydrogens is 358 g/mol. The van der Waals surface area contributed by atoms with Crippen molar-refractivity contribution < 1.29 is 24.0 Å². The fourth-order valence-corrected chi connectivity index (χ4v) is 7.45. The van der Waals surface area contributed by atoms with Gasteiger partial charge in [0.2, 0.25) is 17.5 Å². The lowest BCUT2D eigenvalue weighted by atomic mass is 9.53. The zero-order valence-electron chi connectivity index (χ0n) is 16.8. The van der Waals surface area contributed by atoms with E-state index in [1.54, 1.807) is 0 Å². The van der Waals surface area contributed by atoms with Gasteiger partial charge in [0.15, 0.2) is 0 Å². The molecule has 7 fully saturated rings. The Morgan fingerprint density at radius 1 is 0.964 bits per heavy atom. The molecule has 5 aliphatic carbocycles. The van der Waals surface area contributed by atoms with Gasteiger partial charge in [0.1, 0.15) is 0 Å². The molecular formula is C22H33NO5. The molecule has 2 aliphatic heterocycles. The first kappa shape index (κ1) is 18.1. The van der Waals surface area contributed by atoms with Crippen LogP contribution in [0.4, 0.5) is 0 Å². The van der Waals surface area contributed by atoms with Gasteiger partial charge in [0.25, 0.3) is 0 Å². The highest BCUT2D eigenvalue weighted by Gasteiger charge is 2.67. The summed E-state index contributed by atoms with van der Waals surface area (Å²) in [6.07, 6.45) is 10.8. The lowest BCUT2D eigenvalue weighted by molar-refractivity contribution is -0.390. The quantitative estimate of drug-likeness (QED) is 0.677. The summed E-state index contributed by atoms with van der Waals surface area (Å²) in [7, 11) is 0. The highest BCUT2D eigenvalue weighted by atomic mass is 17.3. The third-order valence-electron chi connectivity index (χ3n) is 8.54. The van der Waals surface area contributed by atoms with Gasteiger partial charge < -0.3 is 14.4 Å². The van der Waals surface area contributed by atoms with Gasteiger partial charge in [-0.2, -0.15) is 9.78 Å². The van der Waals surface area contributed by atoms with Crippen LogP contribution < -0.4 is 0 Å². The predicted molar refractivity (Wildman–Crippen MR) is 99.7 cm³/mol. The van der Waals surface area contributed by atoms with Gasteiger partial charge in [-0.15, -0.1) is 0 Å². The number of hydrogen-bond acceptors (Lipinski definition) is 5. The normalized spacial score (nSPS) is 50.0. The van der Waals surface area contributed by atoms with E-state index in [2.05, 4.69) is 0 Å². The van der Waals surface area contributed by atoms with Crippen LogP contribution in [-0.2, 0) is 24.0 Å². The second-order valence-corrected chi connectivity index (χ2v) is 10.4. The fourth-order valence-electron chi connectivity index (χ4n) is 7.45. The molecule has 28 heavy (non-hydrogen) atoms. The Hall–Kier alpha value is -0.690. The van der Waals surface area contributed by atoms with Crippen LogP contribution in [0.2, 0.25) is 0 Å². The molecule has 2 heterocycles. The summed E-state index contributed by atoms with van der Waals surface area (Å²) in [5, 5.41) is 0. The maximum Gasteiger partial charge on any atom is 0.223 e. The molecule has 7 aliphatic rings. The molecule has 6 heteroatoms. The van der Waals surface area contributed by atoms with Crippen LogP contribution in [0, 0.1) is 29.6 Å². The minimum absolute atomic E-state index is 0.258. The molecule has 0 aromatic carbocycles. The van der Waals surface area contributed by atoms with Crippen LogP contribution in [0.3, 0.4) is 0 Å². The summed E-state index contributed by atoms with van der Waals surface area (Å²) in [6, 6.07) is 0. The number of amides is 1. The molecule has 1 unspecified atom stereocenters. The second-order valence-electron chi connectivity index (χ2n) is 10.4. The molecule has 2 atom stereocenters. The van der Waals surface area contributed by atoms with Crippen LogP contribution in [0.1, 0.15) is 64.2 Å². The van der Waals surface area contributed by atoms with Crippen molar-refractivity contribution in [2.24, 2.45) is 29.6 Å². The van der Waals surface area contributed by atoms with Gasteiger partial charge in [-0.1, -0.05) is 0 Å². The van der Waals surface area contributed by atoms with Crippen LogP contribution in [-0.4, -0.2) is 48.7 Å². The van der Waals surface area contributed by atoms with Gasteiger partial charge in [-0.3, -0.25) is 4.79 Å². The first-order valence-corrected chi connectivity index (χ1v) is 11.6. The van der Waals surface area contributed by atoms with Crippen molar-refractivity contribution in [3.63, 3.8) is 0 Å². The third-order valence-corrected chi connectivity index (χ3v) is 8.54. The van der Waals surface area contributed by atoms with E-state index >= 15 is 0 Å². The van der Waals surface area contributed by atoms with Crippen LogP contribution in [0.25, 0.3) is 0 Å². The summed E-state index contributed by atoms with van der Waals surface area (Å²) < 4.78 is 12.2. The smallest absolute Gasteiger partial charge is 0.223 e. The monoisotopic (exact) mass is 391 g/mol. The summed E-state index contributed by atoms with van der Waals surface area (Å²) >= 11 is 0. The summed E-state index contributed by atoms with van der Waals surface area (Å²) in [6.45, 7) is 2.77. The van der Waals surface area contributed by atoms with Crippen molar-refractivity contribution in [3.8, 4) is 0 Å². The Morgan fingerprint density at radius 3 is 2.39 bits per heavy atom. The number of ether oxygens (including phenoxy) is 2. The number of rotatable bonds is 2. The van der Waals surface area contributed by atoms with E-state index in [0.29, 0.717) is 37.4 Å². The van der Waals surface area contributed by atoms with Crippen LogP contribution >= 0.6 is 0 Å². The maximum atomic E-state index is 12.7. The summed E-state index contributed by atoms with van der Waals surface area (Å²) in [5.41, 5.74) is 0. The Morgan fingerprint density at radius 2 is 1.68 bits per heavy atom. The molecule has 0 aromatic heterocycles. The van der Waals surface area contributed by atoms with E-state index in [-0.39, 0.29) is 5.91 Å². The van der Waals surface area contributed by atoms with Gasteiger partial charge in [0.05, 0.1) is 13.2 Å². The minimum atomic E-state index is -0.621. The lowest BCUT2D eigenvalue weighted by Crippen LogP contribution is -2.59. The van der Waals surface area contributed by atoms with E-state index in [1.165, 1.54) is 32.1 Å². The van der Waals surface area contributed by atoms with E-state index in [1.807, 2.05) is 4.90 Å². The van der Waals surface area contributed by atoms with E-state index in [0.717, 1.165) is 50.6 Å². The van der Waals surface area contributed by atoms with Crippen LogP contribution in [0.5, 0.6) is 0 Å². The van der Waals surface area contributed by atoms with Gasteiger partial charge in [-0.25, -0.2) is 0 Å². The van der Waals surface area contributed by atoms with Crippen molar-refractivity contribution >= 4 is 5.91 Å². The van der Waals surface area contributed by atoms with Crippen molar-refractivity contribution in [2.75, 3.05) is 26.3 Å². The number of morpholine rings is 1. The number of carbonyl (C=O) groups excluding carboxylic acids is 1. The SMILES string of the molecule is O=C(CC1CCC[C@]2(C1)OOC1(O2)C2CC3CC(C2)CC1C3)N1CCOCC1. The molecule has 5 saturated carbocycles. The molecule has 7 rings (SSSR count). The Labute approximate surface area is 167 Å². The zero-order valence-corrected chi connectivity index (χ0v) is 16.8. The average molecular weight is 392 g/mol. The zero-order chi connectivity index (χ0) is 18.8. The number of carbonyl (C=O) groups is 1. The van der Waals surface area contributed by atoms with Crippen molar-refractivity contribution in [3.05, 3.63) is 0 Å². The van der Waals surface area contributed by atoms with Crippen LogP contribution in [0.15, 0.2) is 0 Å². The van der Waals surface area contributed by atoms with Gasteiger partial charge in [0, 0.05) is 44.2 Å². The highest BCUT2D eigenvalue weighted by Crippen LogP contribution is 2.64. The number of nitrogens with zero attached hydrogens (tertiary/aromatic N) is 1. The molecule has 1 amide bonds. The minimum Gasteiger partial charge on any atom is -0.378 e. The lowest BCUT2D eigenvalue weighted by Gasteiger charge is -2.57. The first-order chi connectivity index (χ1) is 13.6. The molecule has 0 aromatic rings. The summed E-state index contributed by atoms with van der Waals surface area (Å²) in [5.74, 6) is 2.21. The molecule has 0 radical (unpaired) electrons. The van der Waals surface area contributed by atoms with E-state index in [4.69, 9.17) is 19.2 Å². The Kier molecular flexibility index (Phi) is 4.31. The van der Waals surface area contributed by atoms with Gasteiger partial charge in [-0.05, 0) is 62.7 Å². The molecule has 2 spiro atoms. The molecule has 6 nitrogen and oxygen atoms in total. The summed E-state index contributed by atoms with van der Waals surface area (Å²) in [4.78, 5) is 26.9. The average Bonchev–Trinajstić information content (AvgIpc) is 3.06. The van der Waals surface area contributed by atoms with Crippen molar-refractivity contribution in [2.45, 2.75) is 75.8 Å². The van der Waals surface area contributed by atoms with Gasteiger partial charge >= 0.3 is 0 Å². The van der Waals surface area contributed by atoms with E-state index in [9.17, 15) is 4.79 Å². The molecule has 156 valence electrons. The van der Waals surface area contributed by atoms with Crippen molar-refractivity contribution in [1.29, 1.82) is 0 Å². The number of hydrogen-bond donors (Lipinski definition) is 0. The van der Waals surface area contributed by atoms with E-state index < -0.39 is 11.6 Å². The highest BCUT2D eigenvalue weighted by molar-refractivity contribution is 5.76. The Bertz CT molecular complexity index is 604. The second kappa shape index (κ2) is 6.66. The topological polar surface area (TPSA) is 57.2 Å². The predicted octanol–water partition coefficient (Wildman–Crippen LogP) is 3.25. The third kappa shape index (κ3) is 2.86. The first-order valence-electron chi connectivity index (χ1n) is 11.6. The molecule has 4 bridgehead atoms. The van der Waals surface area contributed by atoms with Crippen molar-refractivity contribution in [1.82, 2.24) is 4.90 Å².